The zero-order valence-electron chi connectivity index (χ0n) is 11.5. The van der Waals surface area contributed by atoms with Crippen LogP contribution in [0.15, 0.2) is 48.9 Å². The quantitative estimate of drug-likeness (QED) is 0.775. The van der Waals surface area contributed by atoms with Gasteiger partial charge in [-0.3, -0.25) is 9.20 Å². The van der Waals surface area contributed by atoms with Gasteiger partial charge in [-0.25, -0.2) is 0 Å². The van der Waals surface area contributed by atoms with Crippen LogP contribution >= 0.6 is 11.6 Å². The molecule has 1 unspecified atom stereocenters. The van der Waals surface area contributed by atoms with E-state index in [1.54, 1.807) is 53.3 Å². The van der Waals surface area contributed by atoms with Gasteiger partial charge in [-0.05, 0) is 29.8 Å². The lowest BCUT2D eigenvalue weighted by Gasteiger charge is -2.11. The number of pyridine rings is 1. The summed E-state index contributed by atoms with van der Waals surface area (Å²) in [6.07, 6.45) is 2.34. The molecule has 0 aliphatic carbocycles. The summed E-state index contributed by atoms with van der Waals surface area (Å²) in [5.74, 6) is -0.283. The number of nitrogens with zero attached hydrogens (tertiary/aromatic N) is 3. The van der Waals surface area contributed by atoms with Gasteiger partial charge in [-0.2, -0.15) is 0 Å². The maximum Gasteiger partial charge on any atom is 0.227 e. The first-order valence-corrected chi connectivity index (χ1v) is 7.02. The molecule has 6 nitrogen and oxygen atoms in total. The van der Waals surface area contributed by atoms with Gasteiger partial charge in [0.2, 0.25) is 5.91 Å². The molecule has 0 fully saturated rings. The number of aromatic nitrogens is 3. The van der Waals surface area contributed by atoms with Gasteiger partial charge in [0.15, 0.2) is 5.65 Å². The van der Waals surface area contributed by atoms with Crippen molar-refractivity contribution in [1.82, 2.24) is 14.6 Å². The standard InChI is InChI=1S/C15H13ClN4O2/c16-11-3-1-10(2-4-11)13(21)7-15(22)18-12-5-6-14-19-17-9-20(14)8-12/h1-6,8-9,13,21H,7H2,(H,18,22). The molecule has 0 aliphatic rings. The lowest BCUT2D eigenvalue weighted by molar-refractivity contribution is -0.118. The van der Waals surface area contributed by atoms with E-state index in [1.165, 1.54) is 0 Å². The Morgan fingerprint density at radius 2 is 2.05 bits per heavy atom. The third kappa shape index (κ3) is 3.24. The predicted octanol–water partition coefficient (Wildman–Crippen LogP) is 2.44. The van der Waals surface area contributed by atoms with E-state index in [9.17, 15) is 9.90 Å². The van der Waals surface area contributed by atoms with E-state index in [1.807, 2.05) is 0 Å². The summed E-state index contributed by atoms with van der Waals surface area (Å²) >= 11 is 5.79. The minimum Gasteiger partial charge on any atom is -0.388 e. The Kier molecular flexibility index (Phi) is 4.04. The molecule has 7 heteroatoms. The number of carbonyl (C=O) groups is 1. The zero-order chi connectivity index (χ0) is 15.5. The molecule has 1 atom stereocenters. The van der Waals surface area contributed by atoms with E-state index in [4.69, 9.17) is 11.6 Å². The Morgan fingerprint density at radius 1 is 1.27 bits per heavy atom. The number of amides is 1. The maximum absolute atomic E-state index is 12.0. The average Bonchev–Trinajstić information content (AvgIpc) is 2.95. The summed E-state index contributed by atoms with van der Waals surface area (Å²) in [6.45, 7) is 0. The molecular formula is C15H13ClN4O2. The van der Waals surface area contributed by atoms with Gasteiger partial charge >= 0.3 is 0 Å². The number of hydrogen-bond acceptors (Lipinski definition) is 4. The molecule has 2 N–H and O–H groups in total. The van der Waals surface area contributed by atoms with Gasteiger partial charge < -0.3 is 10.4 Å². The van der Waals surface area contributed by atoms with Crippen molar-refractivity contribution in [2.75, 3.05) is 5.32 Å². The normalized spacial score (nSPS) is 12.3. The minimum absolute atomic E-state index is 0.0398. The van der Waals surface area contributed by atoms with Gasteiger partial charge in [0.05, 0.1) is 18.2 Å². The van der Waals surface area contributed by atoms with Gasteiger partial charge in [-0.1, -0.05) is 23.7 Å². The highest BCUT2D eigenvalue weighted by molar-refractivity contribution is 6.30. The number of aliphatic hydroxyl groups is 1. The van der Waals surface area contributed by atoms with Crippen LogP contribution in [-0.4, -0.2) is 25.6 Å². The first kappa shape index (κ1) is 14.5. The average molecular weight is 317 g/mol. The Morgan fingerprint density at radius 3 is 2.82 bits per heavy atom. The Bertz CT molecular complexity index is 801. The summed E-state index contributed by atoms with van der Waals surface area (Å²) < 4.78 is 1.70. The fourth-order valence-electron chi connectivity index (χ4n) is 2.09. The first-order chi connectivity index (χ1) is 10.6. The second kappa shape index (κ2) is 6.13. The molecule has 2 heterocycles. The van der Waals surface area contributed by atoms with E-state index < -0.39 is 6.10 Å². The molecule has 2 aromatic heterocycles. The fraction of sp³-hybridized carbons (Fsp3) is 0.133. The monoisotopic (exact) mass is 316 g/mol. The first-order valence-electron chi connectivity index (χ1n) is 6.64. The van der Waals surface area contributed by atoms with E-state index >= 15 is 0 Å². The van der Waals surface area contributed by atoms with Gasteiger partial charge in [0.1, 0.15) is 6.33 Å². The topological polar surface area (TPSA) is 79.5 Å². The summed E-state index contributed by atoms with van der Waals surface area (Å²) in [5.41, 5.74) is 1.95. The van der Waals surface area contributed by atoms with Crippen molar-refractivity contribution in [3.05, 3.63) is 59.5 Å². The van der Waals surface area contributed by atoms with Crippen molar-refractivity contribution in [1.29, 1.82) is 0 Å². The third-order valence-electron chi connectivity index (χ3n) is 3.21. The van der Waals surface area contributed by atoms with Crippen molar-refractivity contribution >= 4 is 28.8 Å². The van der Waals surface area contributed by atoms with Crippen LogP contribution in [-0.2, 0) is 4.79 Å². The maximum atomic E-state index is 12.0. The lowest BCUT2D eigenvalue weighted by Crippen LogP contribution is -2.15. The molecule has 0 radical (unpaired) electrons. The van der Waals surface area contributed by atoms with Crippen molar-refractivity contribution in [3.8, 4) is 0 Å². The number of nitrogens with one attached hydrogen (secondary N) is 1. The molecule has 1 aromatic carbocycles. The summed E-state index contributed by atoms with van der Waals surface area (Å²) in [4.78, 5) is 12.0. The van der Waals surface area contributed by atoms with Crippen LogP contribution in [0.5, 0.6) is 0 Å². The number of halogens is 1. The third-order valence-corrected chi connectivity index (χ3v) is 3.46. The van der Waals surface area contributed by atoms with E-state index in [0.717, 1.165) is 0 Å². The van der Waals surface area contributed by atoms with E-state index in [-0.39, 0.29) is 12.3 Å². The predicted molar refractivity (Wildman–Crippen MR) is 82.6 cm³/mol. The van der Waals surface area contributed by atoms with Crippen molar-refractivity contribution in [3.63, 3.8) is 0 Å². The molecular weight excluding hydrogens is 304 g/mol. The Labute approximate surface area is 131 Å². The van der Waals surface area contributed by atoms with Crippen LogP contribution in [0.25, 0.3) is 5.65 Å². The number of carbonyl (C=O) groups excluding carboxylic acids is 1. The molecule has 0 aliphatic heterocycles. The van der Waals surface area contributed by atoms with Crippen LogP contribution in [0.3, 0.4) is 0 Å². The SMILES string of the molecule is O=C(CC(O)c1ccc(Cl)cc1)Nc1ccc2nncn2c1. The lowest BCUT2D eigenvalue weighted by atomic mass is 10.1. The van der Waals surface area contributed by atoms with Crippen molar-refractivity contribution in [2.24, 2.45) is 0 Å². The molecule has 0 bridgehead atoms. The second-order valence-corrected chi connectivity index (χ2v) is 5.27. The Hall–Kier alpha value is -2.44. The molecule has 0 saturated carbocycles. The number of anilines is 1. The summed E-state index contributed by atoms with van der Waals surface area (Å²) in [7, 11) is 0. The molecule has 0 saturated heterocycles. The number of benzene rings is 1. The largest absolute Gasteiger partial charge is 0.388 e. The summed E-state index contributed by atoms with van der Waals surface area (Å²) in [5, 5.41) is 21.0. The fourth-order valence-corrected chi connectivity index (χ4v) is 2.22. The zero-order valence-corrected chi connectivity index (χ0v) is 12.2. The van der Waals surface area contributed by atoms with Crippen molar-refractivity contribution in [2.45, 2.75) is 12.5 Å². The molecule has 3 rings (SSSR count). The van der Waals surface area contributed by atoms with Crippen molar-refractivity contribution < 1.29 is 9.90 Å². The molecule has 112 valence electrons. The molecule has 0 spiro atoms. The number of rotatable bonds is 4. The number of hydrogen-bond donors (Lipinski definition) is 2. The van der Waals surface area contributed by atoms with Gasteiger partial charge in [-0.15, -0.1) is 10.2 Å². The Balaban J connectivity index is 1.65. The smallest absolute Gasteiger partial charge is 0.227 e. The minimum atomic E-state index is -0.879. The number of fused-ring (bicyclic) bond motifs is 1. The van der Waals surface area contributed by atoms with E-state index in [2.05, 4.69) is 15.5 Å². The second-order valence-electron chi connectivity index (χ2n) is 4.83. The van der Waals surface area contributed by atoms with Crippen LogP contribution < -0.4 is 5.32 Å². The van der Waals surface area contributed by atoms with E-state index in [0.29, 0.717) is 21.9 Å². The van der Waals surface area contributed by atoms with Crippen LogP contribution in [0.2, 0.25) is 5.02 Å². The molecule has 1 amide bonds. The number of aliphatic hydroxyl groups excluding tert-OH is 1. The highest BCUT2D eigenvalue weighted by atomic mass is 35.5. The van der Waals surface area contributed by atoms with Crippen LogP contribution in [0.4, 0.5) is 5.69 Å². The van der Waals surface area contributed by atoms with Crippen LogP contribution in [0.1, 0.15) is 18.1 Å². The van der Waals surface area contributed by atoms with Gasteiger partial charge in [0.25, 0.3) is 0 Å². The van der Waals surface area contributed by atoms with Gasteiger partial charge in [0, 0.05) is 11.2 Å². The van der Waals surface area contributed by atoms with Crippen LogP contribution in [0, 0.1) is 0 Å². The molecule has 22 heavy (non-hydrogen) atoms. The highest BCUT2D eigenvalue weighted by Gasteiger charge is 2.13. The highest BCUT2D eigenvalue weighted by Crippen LogP contribution is 2.20. The molecule has 3 aromatic rings. The summed E-state index contributed by atoms with van der Waals surface area (Å²) in [6, 6.07) is 10.2.